The minimum atomic E-state index is 0.176. The highest BCUT2D eigenvalue weighted by Crippen LogP contribution is 1.91. The van der Waals surface area contributed by atoms with Crippen molar-refractivity contribution in [3.05, 3.63) is 36.3 Å². The van der Waals surface area contributed by atoms with E-state index in [1.165, 1.54) is 6.08 Å². The molecule has 2 N–H and O–H groups in total. The lowest BCUT2D eigenvalue weighted by atomic mass is 10.3. The van der Waals surface area contributed by atoms with Crippen molar-refractivity contribution in [1.82, 2.24) is 5.32 Å². The standard InChI is InChI=1S/C8H13NO/c1-4-8(10)6-5-7(2)9-3/h4-6,9-10H,1H2,2-3H3/b7-5+,8-6+. The minimum absolute atomic E-state index is 0.176. The first-order chi connectivity index (χ1) is 4.70. The lowest BCUT2D eigenvalue weighted by Gasteiger charge is -1.94. The summed E-state index contributed by atoms with van der Waals surface area (Å²) in [4.78, 5) is 0. The van der Waals surface area contributed by atoms with Gasteiger partial charge in [0.15, 0.2) is 0 Å². The molecule has 0 heterocycles. The first-order valence-corrected chi connectivity index (χ1v) is 3.08. The first kappa shape index (κ1) is 8.82. The topological polar surface area (TPSA) is 32.3 Å². The van der Waals surface area contributed by atoms with Crippen molar-refractivity contribution < 1.29 is 5.11 Å². The number of allylic oxidation sites excluding steroid dienone is 4. The van der Waals surface area contributed by atoms with Crippen LogP contribution in [0.2, 0.25) is 0 Å². The lowest BCUT2D eigenvalue weighted by molar-refractivity contribution is 0.433. The Hall–Kier alpha value is -1.18. The summed E-state index contributed by atoms with van der Waals surface area (Å²) in [6.45, 7) is 5.31. The van der Waals surface area contributed by atoms with Crippen LogP contribution in [0.4, 0.5) is 0 Å². The molecular weight excluding hydrogens is 126 g/mol. The summed E-state index contributed by atoms with van der Waals surface area (Å²) < 4.78 is 0. The van der Waals surface area contributed by atoms with Gasteiger partial charge < -0.3 is 10.4 Å². The van der Waals surface area contributed by atoms with Crippen LogP contribution in [0.1, 0.15) is 6.92 Å². The van der Waals surface area contributed by atoms with Gasteiger partial charge in [0.05, 0.1) is 0 Å². The van der Waals surface area contributed by atoms with E-state index in [2.05, 4.69) is 11.9 Å². The van der Waals surface area contributed by atoms with Crippen LogP contribution in [0.3, 0.4) is 0 Å². The molecule has 0 fully saturated rings. The zero-order valence-corrected chi connectivity index (χ0v) is 6.39. The summed E-state index contributed by atoms with van der Waals surface area (Å²) in [7, 11) is 1.82. The molecule has 2 heteroatoms. The van der Waals surface area contributed by atoms with Gasteiger partial charge >= 0.3 is 0 Å². The predicted molar refractivity (Wildman–Crippen MR) is 43.7 cm³/mol. The number of rotatable bonds is 3. The van der Waals surface area contributed by atoms with Gasteiger partial charge in [-0.2, -0.15) is 0 Å². The molecule has 0 unspecified atom stereocenters. The average Bonchev–Trinajstić information content (AvgIpc) is 1.99. The van der Waals surface area contributed by atoms with E-state index < -0.39 is 0 Å². The summed E-state index contributed by atoms with van der Waals surface area (Å²) in [5, 5.41) is 11.8. The van der Waals surface area contributed by atoms with Crippen molar-refractivity contribution in [3.8, 4) is 0 Å². The molecule has 0 aliphatic rings. The monoisotopic (exact) mass is 139 g/mol. The molecular formula is C8H13NO. The second-order valence-electron chi connectivity index (χ2n) is 1.90. The summed E-state index contributed by atoms with van der Waals surface area (Å²) in [5.74, 6) is 0.176. The van der Waals surface area contributed by atoms with E-state index in [1.54, 1.807) is 12.2 Å². The summed E-state index contributed by atoms with van der Waals surface area (Å²) in [5.41, 5.74) is 0.994. The second-order valence-corrected chi connectivity index (χ2v) is 1.90. The number of aliphatic hydroxyl groups excluding tert-OH is 1. The Labute approximate surface area is 61.6 Å². The molecule has 0 aromatic rings. The van der Waals surface area contributed by atoms with Gasteiger partial charge in [-0.3, -0.25) is 0 Å². The molecule has 10 heavy (non-hydrogen) atoms. The zero-order valence-electron chi connectivity index (χ0n) is 6.39. The van der Waals surface area contributed by atoms with E-state index in [0.29, 0.717) is 0 Å². The fourth-order valence-electron chi connectivity index (χ4n) is 0.362. The highest BCUT2D eigenvalue weighted by Gasteiger charge is 1.80. The lowest BCUT2D eigenvalue weighted by Crippen LogP contribution is -2.00. The molecule has 0 rings (SSSR count). The van der Waals surface area contributed by atoms with Crippen LogP contribution in [0, 0.1) is 0 Å². The van der Waals surface area contributed by atoms with Gasteiger partial charge in [0.1, 0.15) is 5.76 Å². The molecule has 0 saturated heterocycles. The van der Waals surface area contributed by atoms with Crippen LogP contribution in [0.5, 0.6) is 0 Å². The highest BCUT2D eigenvalue weighted by atomic mass is 16.3. The summed E-state index contributed by atoms with van der Waals surface area (Å²) >= 11 is 0. The van der Waals surface area contributed by atoms with Crippen LogP contribution in [0.25, 0.3) is 0 Å². The Bertz CT molecular complexity index is 168. The fourth-order valence-corrected chi connectivity index (χ4v) is 0.362. The Morgan fingerprint density at radius 3 is 2.50 bits per heavy atom. The van der Waals surface area contributed by atoms with E-state index in [4.69, 9.17) is 5.11 Å². The van der Waals surface area contributed by atoms with Crippen molar-refractivity contribution in [2.45, 2.75) is 6.92 Å². The van der Waals surface area contributed by atoms with Crippen molar-refractivity contribution in [3.63, 3.8) is 0 Å². The zero-order chi connectivity index (χ0) is 7.98. The number of nitrogens with one attached hydrogen (secondary N) is 1. The fraction of sp³-hybridized carbons (Fsp3) is 0.250. The van der Waals surface area contributed by atoms with Gasteiger partial charge in [-0.15, -0.1) is 0 Å². The summed E-state index contributed by atoms with van der Waals surface area (Å²) in [6.07, 6.45) is 4.75. The van der Waals surface area contributed by atoms with E-state index >= 15 is 0 Å². The summed E-state index contributed by atoms with van der Waals surface area (Å²) in [6, 6.07) is 0. The smallest absolute Gasteiger partial charge is 0.115 e. The first-order valence-electron chi connectivity index (χ1n) is 3.08. The molecule has 0 aliphatic heterocycles. The van der Waals surface area contributed by atoms with Gasteiger partial charge in [-0.05, 0) is 25.2 Å². The number of hydrogen-bond donors (Lipinski definition) is 2. The maximum absolute atomic E-state index is 8.87. The van der Waals surface area contributed by atoms with Crippen LogP contribution in [-0.4, -0.2) is 12.2 Å². The van der Waals surface area contributed by atoms with Crippen LogP contribution in [0.15, 0.2) is 36.3 Å². The van der Waals surface area contributed by atoms with E-state index in [0.717, 1.165) is 5.70 Å². The average molecular weight is 139 g/mol. The Balaban J connectivity index is 4.03. The maximum atomic E-state index is 8.87. The SMILES string of the molecule is C=C/C(O)=C\C=C(/C)NC. The second kappa shape index (κ2) is 4.68. The van der Waals surface area contributed by atoms with Gasteiger partial charge in [-0.25, -0.2) is 0 Å². The maximum Gasteiger partial charge on any atom is 0.115 e. The molecule has 56 valence electrons. The quantitative estimate of drug-likeness (QED) is 0.461. The van der Waals surface area contributed by atoms with Crippen LogP contribution >= 0.6 is 0 Å². The highest BCUT2D eigenvalue weighted by molar-refractivity contribution is 5.17. The number of aliphatic hydroxyl groups is 1. The molecule has 0 atom stereocenters. The van der Waals surface area contributed by atoms with Crippen LogP contribution < -0.4 is 5.32 Å². The van der Waals surface area contributed by atoms with Crippen LogP contribution in [-0.2, 0) is 0 Å². The van der Waals surface area contributed by atoms with Gasteiger partial charge in [-0.1, -0.05) is 6.58 Å². The molecule has 0 aromatic carbocycles. The van der Waals surface area contributed by atoms with E-state index in [9.17, 15) is 0 Å². The van der Waals surface area contributed by atoms with Crippen molar-refractivity contribution >= 4 is 0 Å². The Kier molecular flexibility index (Phi) is 4.12. The predicted octanol–water partition coefficient (Wildman–Crippen LogP) is 1.74. The minimum Gasteiger partial charge on any atom is -0.508 e. The van der Waals surface area contributed by atoms with Crippen molar-refractivity contribution in [1.29, 1.82) is 0 Å². The molecule has 2 nitrogen and oxygen atoms in total. The Morgan fingerprint density at radius 1 is 1.50 bits per heavy atom. The molecule has 0 aliphatic carbocycles. The molecule has 0 radical (unpaired) electrons. The number of hydrogen-bond acceptors (Lipinski definition) is 2. The van der Waals surface area contributed by atoms with Crippen molar-refractivity contribution in [2.24, 2.45) is 0 Å². The molecule has 0 spiro atoms. The van der Waals surface area contributed by atoms with E-state index in [-0.39, 0.29) is 5.76 Å². The van der Waals surface area contributed by atoms with Gasteiger partial charge in [0.25, 0.3) is 0 Å². The molecule has 0 bridgehead atoms. The van der Waals surface area contributed by atoms with E-state index in [1.807, 2.05) is 14.0 Å². The largest absolute Gasteiger partial charge is 0.508 e. The normalized spacial score (nSPS) is 13.0. The molecule has 0 saturated carbocycles. The van der Waals surface area contributed by atoms with Crippen molar-refractivity contribution in [2.75, 3.05) is 7.05 Å². The molecule has 0 aromatic heterocycles. The molecule has 0 amide bonds. The third-order valence-electron chi connectivity index (χ3n) is 1.11. The third-order valence-corrected chi connectivity index (χ3v) is 1.11. The third kappa shape index (κ3) is 3.78. The Morgan fingerprint density at radius 2 is 2.10 bits per heavy atom. The van der Waals surface area contributed by atoms with Gasteiger partial charge in [0.2, 0.25) is 0 Å². The van der Waals surface area contributed by atoms with Gasteiger partial charge in [0, 0.05) is 12.7 Å².